The predicted octanol–water partition coefficient (Wildman–Crippen LogP) is 3.71. The van der Waals surface area contributed by atoms with Crippen LogP contribution in [0.1, 0.15) is 17.3 Å². The quantitative estimate of drug-likeness (QED) is 0.540. The molecule has 0 bridgehead atoms. The number of anilines is 1. The van der Waals surface area contributed by atoms with Gasteiger partial charge in [-0.3, -0.25) is 9.59 Å². The van der Waals surface area contributed by atoms with Crippen LogP contribution in [0.3, 0.4) is 0 Å². The second-order valence-corrected chi connectivity index (χ2v) is 7.03. The van der Waals surface area contributed by atoms with E-state index in [1.807, 2.05) is 30.3 Å². The van der Waals surface area contributed by atoms with E-state index in [2.05, 4.69) is 20.8 Å². The molecule has 140 valence electrons. The van der Waals surface area contributed by atoms with Crippen LogP contribution in [0.2, 0.25) is 0 Å². The monoisotopic (exact) mass is 392 g/mol. The highest BCUT2D eigenvalue weighted by Gasteiger charge is 2.19. The summed E-state index contributed by atoms with van der Waals surface area (Å²) in [4.78, 5) is 28.8. The van der Waals surface area contributed by atoms with Gasteiger partial charge in [0.1, 0.15) is 11.6 Å². The molecule has 2 N–H and O–H groups in total. The van der Waals surface area contributed by atoms with E-state index in [9.17, 15) is 9.59 Å². The minimum absolute atomic E-state index is 0.334. The number of benzene rings is 2. The van der Waals surface area contributed by atoms with Gasteiger partial charge in [0.05, 0.1) is 5.39 Å². The highest BCUT2D eigenvalue weighted by molar-refractivity contribution is 7.13. The van der Waals surface area contributed by atoms with E-state index in [1.54, 1.807) is 36.7 Å². The largest absolute Gasteiger partial charge is 0.355 e. The van der Waals surface area contributed by atoms with E-state index in [4.69, 9.17) is 4.52 Å². The predicted molar refractivity (Wildman–Crippen MR) is 107 cm³/mol. The van der Waals surface area contributed by atoms with Crippen molar-refractivity contribution in [1.82, 2.24) is 15.5 Å². The summed E-state index contributed by atoms with van der Waals surface area (Å²) in [6.45, 7) is 1.62. The third kappa shape index (κ3) is 3.63. The van der Waals surface area contributed by atoms with Gasteiger partial charge >= 0.3 is 0 Å². The number of thiazole rings is 1. The first-order valence-electron chi connectivity index (χ1n) is 8.58. The molecule has 8 heteroatoms. The first-order chi connectivity index (χ1) is 13.6. The number of hydrogen-bond acceptors (Lipinski definition) is 6. The molecule has 2 amide bonds. The summed E-state index contributed by atoms with van der Waals surface area (Å²) in [6, 6.07) is 13.9. The molecule has 0 aliphatic heterocycles. The minimum atomic E-state index is -0.719. The lowest BCUT2D eigenvalue weighted by Gasteiger charge is -2.13. The molecule has 28 heavy (non-hydrogen) atoms. The van der Waals surface area contributed by atoms with Gasteiger partial charge < -0.3 is 15.2 Å². The van der Waals surface area contributed by atoms with E-state index in [-0.39, 0.29) is 11.8 Å². The molecule has 0 unspecified atom stereocenters. The first-order valence-corrected chi connectivity index (χ1v) is 9.46. The minimum Gasteiger partial charge on any atom is -0.355 e. The standard InChI is InChI=1S/C20H16N4O3S/c1-12(18(25)23-20-21-9-10-28-20)22-19(26)14-7-8-16-15(11-14)17(27-24-16)13-5-3-2-4-6-13/h2-12H,1H3,(H,22,26)(H,21,23,25)/t12-/m1/s1. The van der Waals surface area contributed by atoms with Crippen LogP contribution >= 0.6 is 11.3 Å². The Morgan fingerprint density at radius 3 is 2.71 bits per heavy atom. The Morgan fingerprint density at radius 1 is 1.14 bits per heavy atom. The Labute approximate surface area is 164 Å². The topological polar surface area (TPSA) is 97.1 Å². The van der Waals surface area contributed by atoms with Crippen molar-refractivity contribution >= 4 is 39.2 Å². The van der Waals surface area contributed by atoms with Crippen LogP contribution in [0.25, 0.3) is 22.2 Å². The van der Waals surface area contributed by atoms with Crippen LogP contribution in [0.15, 0.2) is 64.6 Å². The van der Waals surface area contributed by atoms with Gasteiger partial charge in [-0.1, -0.05) is 35.5 Å². The second kappa shape index (κ2) is 7.61. The van der Waals surface area contributed by atoms with Gasteiger partial charge in [0.25, 0.3) is 5.91 Å². The molecule has 1 atom stereocenters. The van der Waals surface area contributed by atoms with Gasteiger partial charge in [-0.25, -0.2) is 4.98 Å². The molecule has 7 nitrogen and oxygen atoms in total. The molecule has 2 aromatic carbocycles. The van der Waals surface area contributed by atoms with Gasteiger partial charge in [-0.15, -0.1) is 11.3 Å². The number of amides is 2. The van der Waals surface area contributed by atoms with Gasteiger partial charge in [0, 0.05) is 22.7 Å². The zero-order chi connectivity index (χ0) is 19.5. The van der Waals surface area contributed by atoms with Crippen molar-refractivity contribution in [2.24, 2.45) is 0 Å². The number of nitrogens with zero attached hydrogens (tertiary/aromatic N) is 2. The zero-order valence-electron chi connectivity index (χ0n) is 14.9. The lowest BCUT2D eigenvalue weighted by molar-refractivity contribution is -0.117. The van der Waals surface area contributed by atoms with Gasteiger partial charge in [-0.2, -0.15) is 0 Å². The van der Waals surface area contributed by atoms with Crippen LogP contribution in [-0.2, 0) is 4.79 Å². The summed E-state index contributed by atoms with van der Waals surface area (Å²) in [7, 11) is 0. The van der Waals surface area contributed by atoms with Gasteiger partial charge in [0.15, 0.2) is 10.9 Å². The molecule has 0 radical (unpaired) electrons. The van der Waals surface area contributed by atoms with E-state index >= 15 is 0 Å². The average molecular weight is 392 g/mol. The van der Waals surface area contributed by atoms with Crippen molar-refractivity contribution in [3.8, 4) is 11.3 Å². The maximum atomic E-state index is 12.6. The van der Waals surface area contributed by atoms with Crippen LogP contribution in [0.5, 0.6) is 0 Å². The average Bonchev–Trinajstić information content (AvgIpc) is 3.37. The third-order valence-electron chi connectivity index (χ3n) is 4.18. The lowest BCUT2D eigenvalue weighted by Crippen LogP contribution is -2.41. The summed E-state index contributed by atoms with van der Waals surface area (Å²) in [5, 5.41) is 12.4. The fraction of sp³-hybridized carbons (Fsp3) is 0.100. The molecular formula is C20H16N4O3S. The van der Waals surface area contributed by atoms with Crippen molar-refractivity contribution in [3.63, 3.8) is 0 Å². The molecule has 0 saturated heterocycles. The van der Waals surface area contributed by atoms with Gasteiger partial charge in [0.2, 0.25) is 5.91 Å². The summed E-state index contributed by atoms with van der Waals surface area (Å²) < 4.78 is 5.46. The van der Waals surface area contributed by atoms with Crippen LogP contribution < -0.4 is 10.6 Å². The number of carbonyl (C=O) groups excluding carboxylic acids is 2. The van der Waals surface area contributed by atoms with Crippen molar-refractivity contribution in [2.45, 2.75) is 13.0 Å². The molecule has 2 aromatic heterocycles. The fourth-order valence-electron chi connectivity index (χ4n) is 2.72. The second-order valence-electron chi connectivity index (χ2n) is 6.13. The molecule has 0 fully saturated rings. The summed E-state index contributed by atoms with van der Waals surface area (Å²) in [6.07, 6.45) is 1.60. The Balaban J connectivity index is 1.53. The third-order valence-corrected chi connectivity index (χ3v) is 4.87. The van der Waals surface area contributed by atoms with E-state index in [0.717, 1.165) is 10.9 Å². The highest BCUT2D eigenvalue weighted by Crippen LogP contribution is 2.29. The molecule has 0 spiro atoms. The maximum absolute atomic E-state index is 12.6. The van der Waals surface area contributed by atoms with Crippen LogP contribution in [-0.4, -0.2) is 28.0 Å². The Kier molecular flexibility index (Phi) is 4.86. The molecule has 0 aliphatic rings. The van der Waals surface area contributed by atoms with Crippen molar-refractivity contribution < 1.29 is 14.1 Å². The summed E-state index contributed by atoms with van der Waals surface area (Å²) in [5.41, 5.74) is 1.95. The maximum Gasteiger partial charge on any atom is 0.251 e. The number of nitrogens with one attached hydrogen (secondary N) is 2. The smallest absolute Gasteiger partial charge is 0.251 e. The van der Waals surface area contributed by atoms with Crippen LogP contribution in [0.4, 0.5) is 5.13 Å². The van der Waals surface area contributed by atoms with Crippen molar-refractivity contribution in [1.29, 1.82) is 0 Å². The Bertz CT molecular complexity index is 1120. The van der Waals surface area contributed by atoms with Crippen molar-refractivity contribution in [2.75, 3.05) is 5.32 Å². The number of carbonyl (C=O) groups is 2. The van der Waals surface area contributed by atoms with Gasteiger partial charge in [-0.05, 0) is 25.1 Å². The molecule has 4 aromatic rings. The Morgan fingerprint density at radius 2 is 1.96 bits per heavy atom. The molecule has 0 aliphatic carbocycles. The normalized spacial score (nSPS) is 11.9. The lowest BCUT2D eigenvalue weighted by atomic mass is 10.1. The SMILES string of the molecule is C[C@@H](NC(=O)c1ccc2noc(-c3ccccc3)c2c1)C(=O)Nc1nccs1. The number of hydrogen-bond donors (Lipinski definition) is 2. The first kappa shape index (κ1) is 17.9. The number of aromatic nitrogens is 2. The molecule has 4 rings (SSSR count). The summed E-state index contributed by atoms with van der Waals surface area (Å²) in [5.74, 6) is -0.0944. The van der Waals surface area contributed by atoms with E-state index < -0.39 is 6.04 Å². The number of rotatable bonds is 5. The van der Waals surface area contributed by atoms with E-state index in [0.29, 0.717) is 22.0 Å². The van der Waals surface area contributed by atoms with E-state index in [1.165, 1.54) is 11.3 Å². The van der Waals surface area contributed by atoms with Crippen LogP contribution in [0, 0.1) is 0 Å². The van der Waals surface area contributed by atoms with Crippen molar-refractivity contribution in [3.05, 3.63) is 65.7 Å². The molecule has 2 heterocycles. The Hall–Kier alpha value is -3.52. The fourth-order valence-corrected chi connectivity index (χ4v) is 3.26. The highest BCUT2D eigenvalue weighted by atomic mass is 32.1. The summed E-state index contributed by atoms with van der Waals surface area (Å²) >= 11 is 1.31. The molecular weight excluding hydrogens is 376 g/mol. The zero-order valence-corrected chi connectivity index (χ0v) is 15.7. The molecule has 0 saturated carbocycles. The number of fused-ring (bicyclic) bond motifs is 1.